The van der Waals surface area contributed by atoms with Crippen molar-refractivity contribution in [2.75, 3.05) is 26.1 Å². The number of nitrogens with zero attached hydrogens (tertiary/aromatic N) is 4. The molecule has 8 heteroatoms. The standard InChI is InChI=1S/C23H22ClN5O2/c1-14-5-4-6-20(27-14)15-7-8-17(19(24)12-15)18-11-16-13-26-23(25-2)28-21(16)29(22(18)30)9-10-31-3/h4-8,11-13H,9-10H2,1-3H3,(H,25,26,28). The lowest BCUT2D eigenvalue weighted by molar-refractivity contribution is 0.187. The molecule has 1 aromatic carbocycles. The fourth-order valence-corrected chi connectivity index (χ4v) is 3.74. The molecule has 0 unspecified atom stereocenters. The fourth-order valence-electron chi connectivity index (χ4n) is 3.46. The highest BCUT2D eigenvalue weighted by Crippen LogP contribution is 2.31. The van der Waals surface area contributed by atoms with Gasteiger partial charge in [-0.3, -0.25) is 14.3 Å². The smallest absolute Gasteiger partial charge is 0.260 e. The number of anilines is 1. The molecular weight excluding hydrogens is 414 g/mol. The zero-order valence-electron chi connectivity index (χ0n) is 17.5. The number of methoxy groups -OCH3 is 1. The van der Waals surface area contributed by atoms with E-state index in [0.717, 1.165) is 22.3 Å². The average Bonchev–Trinajstić information content (AvgIpc) is 2.78. The van der Waals surface area contributed by atoms with Crippen LogP contribution in [-0.4, -0.2) is 40.3 Å². The highest BCUT2D eigenvalue weighted by atomic mass is 35.5. The van der Waals surface area contributed by atoms with E-state index >= 15 is 0 Å². The highest BCUT2D eigenvalue weighted by molar-refractivity contribution is 6.33. The Hall–Kier alpha value is -3.29. The third kappa shape index (κ3) is 4.15. The molecule has 0 spiro atoms. The maximum Gasteiger partial charge on any atom is 0.260 e. The van der Waals surface area contributed by atoms with Crippen molar-refractivity contribution in [1.82, 2.24) is 19.5 Å². The maximum atomic E-state index is 13.4. The molecule has 31 heavy (non-hydrogen) atoms. The maximum absolute atomic E-state index is 13.4. The number of rotatable bonds is 6. The van der Waals surface area contributed by atoms with Gasteiger partial charge in [0.25, 0.3) is 5.56 Å². The van der Waals surface area contributed by atoms with E-state index < -0.39 is 0 Å². The summed E-state index contributed by atoms with van der Waals surface area (Å²) in [6.07, 6.45) is 1.69. The number of hydrogen-bond acceptors (Lipinski definition) is 6. The molecule has 0 fully saturated rings. The Bertz CT molecular complexity index is 1320. The van der Waals surface area contributed by atoms with Crippen molar-refractivity contribution in [2.24, 2.45) is 0 Å². The molecule has 0 amide bonds. The van der Waals surface area contributed by atoms with Gasteiger partial charge < -0.3 is 10.1 Å². The molecular formula is C23H22ClN5O2. The van der Waals surface area contributed by atoms with E-state index in [4.69, 9.17) is 16.3 Å². The summed E-state index contributed by atoms with van der Waals surface area (Å²) < 4.78 is 6.80. The number of halogens is 1. The van der Waals surface area contributed by atoms with Gasteiger partial charge in [-0.25, -0.2) is 4.98 Å². The summed E-state index contributed by atoms with van der Waals surface area (Å²) in [7, 11) is 3.33. The molecule has 0 aliphatic heterocycles. The van der Waals surface area contributed by atoms with Crippen LogP contribution in [0.15, 0.2) is 53.5 Å². The molecule has 1 N–H and O–H groups in total. The molecule has 0 atom stereocenters. The first-order valence-corrected chi connectivity index (χ1v) is 10.2. The molecule has 7 nitrogen and oxygen atoms in total. The molecule has 4 aromatic rings. The SMILES string of the molecule is CNc1ncc2cc(-c3ccc(-c4cccc(C)n4)cc3Cl)c(=O)n(CCOC)c2n1. The number of hydrogen-bond donors (Lipinski definition) is 1. The van der Waals surface area contributed by atoms with Crippen molar-refractivity contribution in [2.45, 2.75) is 13.5 Å². The third-order valence-electron chi connectivity index (χ3n) is 5.01. The predicted octanol–water partition coefficient (Wildman–Crippen LogP) is 4.17. The van der Waals surface area contributed by atoms with Crippen molar-refractivity contribution < 1.29 is 4.74 Å². The zero-order valence-corrected chi connectivity index (χ0v) is 18.3. The normalized spacial score (nSPS) is 11.1. The van der Waals surface area contributed by atoms with E-state index in [2.05, 4.69) is 20.3 Å². The van der Waals surface area contributed by atoms with Gasteiger partial charge in [0, 0.05) is 53.1 Å². The molecule has 3 aromatic heterocycles. The Balaban J connectivity index is 1.87. The quantitative estimate of drug-likeness (QED) is 0.489. The first kappa shape index (κ1) is 21.0. The molecule has 0 aliphatic carbocycles. The van der Waals surface area contributed by atoms with Crippen molar-refractivity contribution >= 4 is 28.6 Å². The van der Waals surface area contributed by atoms with Crippen molar-refractivity contribution in [1.29, 1.82) is 0 Å². The predicted molar refractivity (Wildman–Crippen MR) is 124 cm³/mol. The van der Waals surface area contributed by atoms with Gasteiger partial charge in [0.15, 0.2) is 0 Å². The summed E-state index contributed by atoms with van der Waals surface area (Å²) in [5.41, 5.74) is 4.13. The first-order valence-electron chi connectivity index (χ1n) is 9.83. The lowest BCUT2D eigenvalue weighted by Gasteiger charge is -2.14. The Morgan fingerprint density at radius 2 is 1.97 bits per heavy atom. The van der Waals surface area contributed by atoms with Crippen LogP contribution in [0.3, 0.4) is 0 Å². The molecule has 0 saturated heterocycles. The largest absolute Gasteiger partial charge is 0.383 e. The minimum absolute atomic E-state index is 0.186. The molecule has 3 heterocycles. The van der Waals surface area contributed by atoms with Crippen LogP contribution < -0.4 is 10.9 Å². The molecule has 158 valence electrons. The van der Waals surface area contributed by atoms with Crippen LogP contribution >= 0.6 is 11.6 Å². The number of fused-ring (bicyclic) bond motifs is 1. The van der Waals surface area contributed by atoms with E-state index in [1.807, 2.05) is 43.3 Å². The Labute approximate surface area is 184 Å². The molecule has 4 rings (SSSR count). The van der Waals surface area contributed by atoms with Crippen LogP contribution in [0.5, 0.6) is 0 Å². The van der Waals surface area contributed by atoms with Crippen molar-refractivity contribution in [3.8, 4) is 22.4 Å². The van der Waals surface area contributed by atoms with Gasteiger partial charge in [-0.15, -0.1) is 0 Å². The van der Waals surface area contributed by atoms with Crippen LogP contribution in [0.2, 0.25) is 5.02 Å². The lowest BCUT2D eigenvalue weighted by Crippen LogP contribution is -2.25. The lowest BCUT2D eigenvalue weighted by atomic mass is 10.0. The summed E-state index contributed by atoms with van der Waals surface area (Å²) in [4.78, 5) is 26.7. The minimum atomic E-state index is -0.186. The van der Waals surface area contributed by atoms with E-state index in [1.54, 1.807) is 31.0 Å². The van der Waals surface area contributed by atoms with E-state index in [-0.39, 0.29) is 5.56 Å². The Morgan fingerprint density at radius 3 is 2.68 bits per heavy atom. The summed E-state index contributed by atoms with van der Waals surface area (Å²) in [5.74, 6) is 0.443. The number of nitrogens with one attached hydrogen (secondary N) is 1. The van der Waals surface area contributed by atoms with Crippen molar-refractivity contribution in [3.63, 3.8) is 0 Å². The second kappa shape index (κ2) is 8.83. The molecule has 0 saturated carbocycles. The van der Waals surface area contributed by atoms with Gasteiger partial charge in [-0.1, -0.05) is 29.8 Å². The molecule has 0 radical (unpaired) electrons. The second-order valence-corrected chi connectivity index (χ2v) is 7.50. The van der Waals surface area contributed by atoms with Gasteiger partial charge in [-0.05, 0) is 31.2 Å². The summed E-state index contributed by atoms with van der Waals surface area (Å²) in [6.45, 7) is 2.68. The Kier molecular flexibility index (Phi) is 5.97. The van der Waals surface area contributed by atoms with Crippen LogP contribution in [-0.2, 0) is 11.3 Å². The van der Waals surface area contributed by atoms with Gasteiger partial charge in [0.2, 0.25) is 5.95 Å². The fraction of sp³-hybridized carbons (Fsp3) is 0.217. The number of aromatic nitrogens is 4. The Morgan fingerprint density at radius 1 is 1.13 bits per heavy atom. The van der Waals surface area contributed by atoms with Crippen LogP contribution in [0.1, 0.15) is 5.69 Å². The number of aryl methyl sites for hydroxylation is 1. The summed E-state index contributed by atoms with van der Waals surface area (Å²) in [5, 5.41) is 4.12. The first-order chi connectivity index (χ1) is 15.0. The van der Waals surface area contributed by atoms with E-state index in [0.29, 0.717) is 40.9 Å². The highest BCUT2D eigenvalue weighted by Gasteiger charge is 2.16. The summed E-state index contributed by atoms with van der Waals surface area (Å²) in [6, 6.07) is 13.2. The third-order valence-corrected chi connectivity index (χ3v) is 5.33. The topological polar surface area (TPSA) is 81.9 Å². The van der Waals surface area contributed by atoms with Crippen LogP contribution in [0, 0.1) is 6.92 Å². The van der Waals surface area contributed by atoms with Gasteiger partial charge >= 0.3 is 0 Å². The van der Waals surface area contributed by atoms with Gasteiger partial charge in [0.05, 0.1) is 18.8 Å². The van der Waals surface area contributed by atoms with E-state index in [1.165, 1.54) is 0 Å². The van der Waals surface area contributed by atoms with Gasteiger partial charge in [0.1, 0.15) is 5.65 Å². The van der Waals surface area contributed by atoms with Crippen LogP contribution in [0.25, 0.3) is 33.4 Å². The number of benzene rings is 1. The van der Waals surface area contributed by atoms with Crippen LogP contribution in [0.4, 0.5) is 5.95 Å². The van der Waals surface area contributed by atoms with E-state index in [9.17, 15) is 4.79 Å². The van der Waals surface area contributed by atoms with Gasteiger partial charge in [-0.2, -0.15) is 4.98 Å². The number of pyridine rings is 2. The average molecular weight is 436 g/mol. The summed E-state index contributed by atoms with van der Waals surface area (Å²) >= 11 is 6.64. The zero-order chi connectivity index (χ0) is 22.0. The monoisotopic (exact) mass is 435 g/mol. The minimum Gasteiger partial charge on any atom is -0.383 e. The number of ether oxygens (including phenoxy) is 1. The van der Waals surface area contributed by atoms with Crippen molar-refractivity contribution in [3.05, 3.63) is 69.7 Å². The molecule has 0 bridgehead atoms. The second-order valence-electron chi connectivity index (χ2n) is 7.09. The molecule has 0 aliphatic rings.